The molecule has 1 aliphatic carbocycles. The Morgan fingerprint density at radius 3 is 2.32 bits per heavy atom. The summed E-state index contributed by atoms with van der Waals surface area (Å²) in [6.45, 7) is 3.43. The smallest absolute Gasteiger partial charge is 0.417 e. The summed E-state index contributed by atoms with van der Waals surface area (Å²) in [5.74, 6) is -2.41. The Morgan fingerprint density at radius 1 is 1.10 bits per heavy atom. The molecule has 224 valence electrons. The molecule has 11 heteroatoms. The lowest BCUT2D eigenvalue weighted by Gasteiger charge is -2.37. The molecule has 2 aliphatic rings. The standard InChI is InChI=1S/C30H38F3N3O5/c1-29(2,41-4)22-23(34-16-20-15-21(30(31,32)33)17-35-26(20)40-3)24(18-11-7-5-8-12-18)36(25(22)28(38)39)27(37)19-13-9-6-10-14-19/h5,7-8,11-12,15,17,19,22-25,34H,6,9-10,13-14,16H2,1-4H3,(H,38,39)/t22-,23-,24-,25-/m0/s1. The van der Waals surface area contributed by atoms with Crippen molar-refractivity contribution in [3.8, 4) is 5.88 Å². The van der Waals surface area contributed by atoms with Crippen molar-refractivity contribution in [1.82, 2.24) is 15.2 Å². The Kier molecular flexibility index (Phi) is 9.28. The van der Waals surface area contributed by atoms with Crippen LogP contribution >= 0.6 is 0 Å². The van der Waals surface area contributed by atoms with Gasteiger partial charge in [0.25, 0.3) is 0 Å². The third-order valence-electron chi connectivity index (χ3n) is 8.57. The highest BCUT2D eigenvalue weighted by Crippen LogP contribution is 2.47. The zero-order chi connectivity index (χ0) is 29.9. The molecule has 0 unspecified atom stereocenters. The molecule has 0 radical (unpaired) electrons. The molecule has 1 aliphatic heterocycles. The van der Waals surface area contributed by atoms with Crippen LogP contribution in [0.5, 0.6) is 5.88 Å². The van der Waals surface area contributed by atoms with E-state index in [-0.39, 0.29) is 29.8 Å². The first-order valence-corrected chi connectivity index (χ1v) is 13.9. The number of hydrogen-bond acceptors (Lipinski definition) is 6. The van der Waals surface area contributed by atoms with E-state index in [0.29, 0.717) is 19.0 Å². The van der Waals surface area contributed by atoms with E-state index in [9.17, 15) is 27.9 Å². The lowest BCUT2D eigenvalue weighted by atomic mass is 9.79. The minimum atomic E-state index is -4.61. The molecular formula is C30H38F3N3O5. The van der Waals surface area contributed by atoms with Gasteiger partial charge in [0, 0.05) is 43.3 Å². The van der Waals surface area contributed by atoms with Crippen molar-refractivity contribution in [3.63, 3.8) is 0 Å². The van der Waals surface area contributed by atoms with Crippen LogP contribution in [-0.4, -0.2) is 58.8 Å². The van der Waals surface area contributed by atoms with Crippen LogP contribution in [0.3, 0.4) is 0 Å². The molecular weight excluding hydrogens is 539 g/mol. The third-order valence-corrected chi connectivity index (χ3v) is 8.57. The van der Waals surface area contributed by atoms with Crippen LogP contribution < -0.4 is 10.1 Å². The number of carboxylic acid groups (broad SMARTS) is 1. The van der Waals surface area contributed by atoms with E-state index < -0.39 is 47.4 Å². The van der Waals surface area contributed by atoms with Gasteiger partial charge in [0.05, 0.1) is 24.3 Å². The van der Waals surface area contributed by atoms with E-state index in [2.05, 4.69) is 10.3 Å². The van der Waals surface area contributed by atoms with Gasteiger partial charge in [-0.2, -0.15) is 13.2 Å². The van der Waals surface area contributed by atoms with Gasteiger partial charge in [-0.1, -0.05) is 49.6 Å². The fraction of sp³-hybridized carbons (Fsp3) is 0.567. The Labute approximate surface area is 238 Å². The minimum Gasteiger partial charge on any atom is -0.481 e. The second-order valence-electron chi connectivity index (χ2n) is 11.3. The van der Waals surface area contributed by atoms with E-state index in [1.807, 2.05) is 30.3 Å². The van der Waals surface area contributed by atoms with Crippen molar-refractivity contribution in [2.24, 2.45) is 11.8 Å². The van der Waals surface area contributed by atoms with Gasteiger partial charge >= 0.3 is 12.1 Å². The summed E-state index contributed by atoms with van der Waals surface area (Å²) in [5.41, 5.74) is -1.06. The molecule has 1 saturated carbocycles. The summed E-state index contributed by atoms with van der Waals surface area (Å²) in [4.78, 5) is 32.5. The molecule has 1 aromatic heterocycles. The molecule has 1 saturated heterocycles. The van der Waals surface area contributed by atoms with Gasteiger partial charge < -0.3 is 24.8 Å². The number of ether oxygens (including phenoxy) is 2. The summed E-state index contributed by atoms with van der Waals surface area (Å²) in [6.07, 6.45) is 0.312. The van der Waals surface area contributed by atoms with Crippen molar-refractivity contribution in [2.45, 2.75) is 82.4 Å². The first-order valence-electron chi connectivity index (χ1n) is 13.9. The molecule has 1 amide bonds. The van der Waals surface area contributed by atoms with Crippen LogP contribution in [0.1, 0.15) is 68.7 Å². The van der Waals surface area contributed by atoms with Gasteiger partial charge in [-0.15, -0.1) is 0 Å². The molecule has 0 bridgehead atoms. The second-order valence-corrected chi connectivity index (χ2v) is 11.3. The number of rotatable bonds is 9. The fourth-order valence-corrected chi connectivity index (χ4v) is 6.42. The Bertz CT molecular complexity index is 1220. The number of carbonyl (C=O) groups is 2. The van der Waals surface area contributed by atoms with Gasteiger partial charge in [0.1, 0.15) is 6.04 Å². The molecule has 4 atom stereocenters. The number of halogens is 3. The SMILES string of the molecule is COc1ncc(C(F)(F)F)cc1CN[C@H]1[C@H](C(C)(C)OC)[C@@H](C(=O)O)N(C(=O)C2CCCCC2)[C@H]1c1ccccc1. The number of nitrogens with one attached hydrogen (secondary N) is 1. The van der Waals surface area contributed by atoms with E-state index in [4.69, 9.17) is 9.47 Å². The lowest BCUT2D eigenvalue weighted by molar-refractivity contribution is -0.156. The quantitative estimate of drug-likeness (QED) is 0.421. The summed E-state index contributed by atoms with van der Waals surface area (Å²) >= 11 is 0. The molecule has 0 spiro atoms. The van der Waals surface area contributed by atoms with Gasteiger partial charge in [0.2, 0.25) is 11.8 Å². The maximum absolute atomic E-state index is 14.2. The number of likely N-dealkylation sites (tertiary alicyclic amines) is 1. The number of benzene rings is 1. The summed E-state index contributed by atoms with van der Waals surface area (Å²) in [7, 11) is 2.81. The highest BCUT2D eigenvalue weighted by Gasteiger charge is 2.60. The average Bonchev–Trinajstić information content (AvgIpc) is 3.32. The third kappa shape index (κ3) is 6.35. The van der Waals surface area contributed by atoms with Gasteiger partial charge in [-0.05, 0) is 38.3 Å². The van der Waals surface area contributed by atoms with Crippen LogP contribution in [0.15, 0.2) is 42.6 Å². The Hall–Kier alpha value is -3.18. The molecule has 8 nitrogen and oxygen atoms in total. The number of alkyl halides is 3. The maximum Gasteiger partial charge on any atom is 0.417 e. The number of pyridine rings is 1. The number of methoxy groups -OCH3 is 2. The topological polar surface area (TPSA) is 101 Å². The average molecular weight is 578 g/mol. The van der Waals surface area contributed by atoms with E-state index >= 15 is 0 Å². The van der Waals surface area contributed by atoms with Crippen molar-refractivity contribution in [2.75, 3.05) is 14.2 Å². The minimum absolute atomic E-state index is 0.0206. The van der Waals surface area contributed by atoms with Crippen molar-refractivity contribution >= 4 is 11.9 Å². The van der Waals surface area contributed by atoms with Crippen LogP contribution in [-0.2, 0) is 27.0 Å². The first kappa shape index (κ1) is 30.8. The van der Waals surface area contributed by atoms with Crippen LogP contribution in [0.25, 0.3) is 0 Å². The molecule has 2 heterocycles. The van der Waals surface area contributed by atoms with Crippen molar-refractivity contribution in [1.29, 1.82) is 0 Å². The van der Waals surface area contributed by atoms with Crippen LogP contribution in [0.4, 0.5) is 13.2 Å². The van der Waals surface area contributed by atoms with E-state index in [0.717, 1.165) is 30.9 Å². The second kappa shape index (κ2) is 12.4. The maximum atomic E-state index is 14.2. The lowest BCUT2D eigenvalue weighted by Crippen LogP contribution is -2.53. The van der Waals surface area contributed by atoms with Crippen LogP contribution in [0, 0.1) is 11.8 Å². The Balaban J connectivity index is 1.83. The number of amides is 1. The van der Waals surface area contributed by atoms with Crippen molar-refractivity contribution < 1.29 is 37.3 Å². The summed E-state index contributed by atoms with van der Waals surface area (Å²) in [5, 5.41) is 13.9. The van der Waals surface area contributed by atoms with Crippen molar-refractivity contribution in [3.05, 3.63) is 59.3 Å². The number of hydrogen-bond donors (Lipinski definition) is 2. The summed E-state index contributed by atoms with van der Waals surface area (Å²) < 4.78 is 51.6. The van der Waals surface area contributed by atoms with Gasteiger partial charge in [-0.25, -0.2) is 9.78 Å². The Morgan fingerprint density at radius 2 is 1.76 bits per heavy atom. The number of nitrogens with zero attached hydrogens (tertiary/aromatic N) is 2. The number of aromatic nitrogens is 1. The molecule has 41 heavy (non-hydrogen) atoms. The predicted molar refractivity (Wildman–Crippen MR) is 145 cm³/mol. The monoisotopic (exact) mass is 577 g/mol. The van der Waals surface area contributed by atoms with E-state index in [1.54, 1.807) is 13.8 Å². The number of carbonyl (C=O) groups excluding carboxylic acids is 1. The molecule has 2 aromatic rings. The number of carboxylic acids is 1. The first-order chi connectivity index (χ1) is 19.4. The normalized spacial score (nSPS) is 23.9. The summed E-state index contributed by atoms with van der Waals surface area (Å²) in [6, 6.07) is 7.49. The number of aliphatic carboxylic acids is 1. The molecule has 1 aromatic carbocycles. The van der Waals surface area contributed by atoms with Crippen LogP contribution in [0.2, 0.25) is 0 Å². The fourth-order valence-electron chi connectivity index (χ4n) is 6.42. The molecule has 2 fully saturated rings. The van der Waals surface area contributed by atoms with Gasteiger partial charge in [-0.3, -0.25) is 4.79 Å². The molecule has 4 rings (SSSR count). The van der Waals surface area contributed by atoms with E-state index in [1.165, 1.54) is 19.1 Å². The molecule has 2 N–H and O–H groups in total. The highest BCUT2D eigenvalue weighted by atomic mass is 19.4. The highest BCUT2D eigenvalue weighted by molar-refractivity contribution is 5.87. The zero-order valence-corrected chi connectivity index (χ0v) is 23.8. The zero-order valence-electron chi connectivity index (χ0n) is 23.8. The largest absolute Gasteiger partial charge is 0.481 e. The van der Waals surface area contributed by atoms with Gasteiger partial charge in [0.15, 0.2) is 0 Å². The predicted octanol–water partition coefficient (Wildman–Crippen LogP) is 5.23.